The van der Waals surface area contributed by atoms with Crippen LogP contribution in [0.2, 0.25) is 0 Å². The number of carbonyl (C=O) groups excluding carboxylic acids is 1. The van der Waals surface area contributed by atoms with E-state index in [9.17, 15) is 9.36 Å². The van der Waals surface area contributed by atoms with Crippen LogP contribution in [0, 0.1) is 5.92 Å². The van der Waals surface area contributed by atoms with Gasteiger partial charge in [0.2, 0.25) is 0 Å². The molecule has 2 atom stereocenters. The first-order chi connectivity index (χ1) is 11.0. The lowest BCUT2D eigenvalue weighted by Gasteiger charge is -2.15. The number of benzene rings is 2. The zero-order chi connectivity index (χ0) is 16.8. The van der Waals surface area contributed by atoms with Crippen molar-refractivity contribution in [3.8, 4) is 5.75 Å². The van der Waals surface area contributed by atoms with E-state index in [-0.39, 0.29) is 5.92 Å². The molecule has 0 fully saturated rings. The summed E-state index contributed by atoms with van der Waals surface area (Å²) < 4.78 is 22.8. The summed E-state index contributed by atoms with van der Waals surface area (Å²) in [5.74, 6) is 0.357. The summed E-state index contributed by atoms with van der Waals surface area (Å²) in [5.41, 5.74) is 0. The fraction of sp³-hybridized carbons (Fsp3) is 0.353. The van der Waals surface area contributed by atoms with Gasteiger partial charge in [0, 0.05) is 5.39 Å². The minimum absolute atomic E-state index is 0.259. The second-order valence-electron chi connectivity index (χ2n) is 5.76. The van der Waals surface area contributed by atoms with Crippen LogP contribution in [-0.4, -0.2) is 18.6 Å². The van der Waals surface area contributed by atoms with E-state index in [1.54, 1.807) is 13.0 Å². The highest BCUT2D eigenvalue weighted by Crippen LogP contribution is 2.31. The molecule has 0 heterocycles. The standard InChI is InChI=1S/C17H22NO4P/c1-12(2)11-21-17(19)13(3)18-23(20)22-16-10-6-8-14-7-4-5-9-15(14)16/h4-10,12-13,23H,11H2,1-3H3,(H,18,20)/t13-/m0/s1. The summed E-state index contributed by atoms with van der Waals surface area (Å²) in [6.07, 6.45) is 0. The molecule has 0 aliphatic rings. The van der Waals surface area contributed by atoms with Crippen LogP contribution in [0.15, 0.2) is 42.5 Å². The van der Waals surface area contributed by atoms with Gasteiger partial charge in [0.1, 0.15) is 11.8 Å². The second-order valence-corrected chi connectivity index (χ2v) is 6.82. The number of hydrogen-bond donors (Lipinski definition) is 1. The van der Waals surface area contributed by atoms with Gasteiger partial charge >= 0.3 is 14.1 Å². The molecule has 23 heavy (non-hydrogen) atoms. The number of hydrogen-bond acceptors (Lipinski definition) is 4. The summed E-state index contributed by atoms with van der Waals surface area (Å²) in [4.78, 5) is 11.8. The lowest BCUT2D eigenvalue weighted by atomic mass is 10.1. The van der Waals surface area contributed by atoms with Gasteiger partial charge in [-0.05, 0) is 24.3 Å². The first-order valence-electron chi connectivity index (χ1n) is 7.60. The van der Waals surface area contributed by atoms with Crippen molar-refractivity contribution in [3.05, 3.63) is 42.5 Å². The van der Waals surface area contributed by atoms with Gasteiger partial charge in [-0.3, -0.25) is 9.36 Å². The molecule has 0 radical (unpaired) electrons. The van der Waals surface area contributed by atoms with Crippen LogP contribution < -0.4 is 9.61 Å². The minimum atomic E-state index is -2.61. The monoisotopic (exact) mass is 335 g/mol. The quantitative estimate of drug-likeness (QED) is 0.616. The smallest absolute Gasteiger partial charge is 0.323 e. The van der Waals surface area contributed by atoms with Crippen molar-refractivity contribution >= 4 is 24.9 Å². The van der Waals surface area contributed by atoms with Gasteiger partial charge in [0.05, 0.1) is 6.61 Å². The van der Waals surface area contributed by atoms with E-state index in [2.05, 4.69) is 5.09 Å². The number of carbonyl (C=O) groups is 1. The highest BCUT2D eigenvalue weighted by atomic mass is 31.1. The van der Waals surface area contributed by atoms with Gasteiger partial charge < -0.3 is 9.26 Å². The predicted octanol–water partition coefficient (Wildman–Crippen LogP) is 3.79. The first kappa shape index (κ1) is 17.5. The topological polar surface area (TPSA) is 64.6 Å². The molecule has 124 valence electrons. The Kier molecular flexibility index (Phi) is 6.20. The third kappa shape index (κ3) is 5.08. The van der Waals surface area contributed by atoms with E-state index in [0.29, 0.717) is 12.4 Å². The van der Waals surface area contributed by atoms with Gasteiger partial charge in [-0.15, -0.1) is 0 Å². The summed E-state index contributed by atoms with van der Waals surface area (Å²) in [5, 5.41) is 4.55. The summed E-state index contributed by atoms with van der Waals surface area (Å²) in [6.45, 7) is 5.86. The van der Waals surface area contributed by atoms with Crippen LogP contribution in [0.3, 0.4) is 0 Å². The highest BCUT2D eigenvalue weighted by Gasteiger charge is 2.18. The molecular weight excluding hydrogens is 313 g/mol. The maximum absolute atomic E-state index is 12.2. The Morgan fingerprint density at radius 3 is 2.57 bits per heavy atom. The lowest BCUT2D eigenvalue weighted by Crippen LogP contribution is -2.32. The van der Waals surface area contributed by atoms with Crippen molar-refractivity contribution in [2.75, 3.05) is 6.61 Å². The molecule has 0 aliphatic heterocycles. The highest BCUT2D eigenvalue weighted by molar-refractivity contribution is 7.37. The maximum atomic E-state index is 12.2. The van der Waals surface area contributed by atoms with Crippen LogP contribution in [0.1, 0.15) is 20.8 Å². The van der Waals surface area contributed by atoms with Gasteiger partial charge in [0.15, 0.2) is 0 Å². The maximum Gasteiger partial charge on any atom is 0.323 e. The average molecular weight is 335 g/mol. The van der Waals surface area contributed by atoms with Crippen LogP contribution in [0.25, 0.3) is 10.8 Å². The summed E-state index contributed by atoms with van der Waals surface area (Å²) in [6, 6.07) is 12.6. The first-order valence-corrected chi connectivity index (χ1v) is 8.91. The zero-order valence-corrected chi connectivity index (χ0v) is 14.5. The third-order valence-corrected chi connectivity index (χ3v) is 4.27. The van der Waals surface area contributed by atoms with Crippen molar-refractivity contribution in [2.24, 2.45) is 5.92 Å². The molecule has 0 saturated carbocycles. The van der Waals surface area contributed by atoms with Crippen molar-refractivity contribution in [2.45, 2.75) is 26.8 Å². The number of fused-ring (bicyclic) bond motifs is 1. The molecule has 2 rings (SSSR count). The number of nitrogens with one attached hydrogen (secondary N) is 1. The number of rotatable bonds is 7. The molecule has 0 spiro atoms. The van der Waals surface area contributed by atoms with E-state index in [1.165, 1.54) is 0 Å². The van der Waals surface area contributed by atoms with Crippen molar-refractivity contribution in [1.82, 2.24) is 5.09 Å². The van der Waals surface area contributed by atoms with Gasteiger partial charge in [-0.25, -0.2) is 5.09 Å². The van der Waals surface area contributed by atoms with Crippen LogP contribution in [0.4, 0.5) is 0 Å². The third-order valence-electron chi connectivity index (χ3n) is 3.20. The SMILES string of the molecule is CC(C)COC(=O)[C@H](C)N[PH](=O)Oc1cccc2ccccc12. The molecule has 5 nitrogen and oxygen atoms in total. The Labute approximate surface area is 136 Å². The Balaban J connectivity index is 1.97. The average Bonchev–Trinajstić information content (AvgIpc) is 2.52. The van der Waals surface area contributed by atoms with Crippen molar-refractivity contribution < 1.29 is 18.6 Å². The Morgan fingerprint density at radius 1 is 1.13 bits per heavy atom. The lowest BCUT2D eigenvalue weighted by molar-refractivity contribution is -0.146. The molecule has 1 unspecified atom stereocenters. The fourth-order valence-electron chi connectivity index (χ4n) is 2.02. The fourth-order valence-corrected chi connectivity index (χ4v) is 2.93. The molecule has 0 aromatic heterocycles. The number of ether oxygens (including phenoxy) is 1. The van der Waals surface area contributed by atoms with E-state index >= 15 is 0 Å². The van der Waals surface area contributed by atoms with Gasteiger partial charge in [0.25, 0.3) is 0 Å². The van der Waals surface area contributed by atoms with Gasteiger partial charge in [-0.2, -0.15) is 0 Å². The zero-order valence-electron chi connectivity index (χ0n) is 13.5. The minimum Gasteiger partial charge on any atom is -0.464 e. The predicted molar refractivity (Wildman–Crippen MR) is 92.0 cm³/mol. The van der Waals surface area contributed by atoms with Crippen molar-refractivity contribution in [1.29, 1.82) is 0 Å². The molecular formula is C17H22NO4P. The number of esters is 1. The Hall–Kier alpha value is -1.84. The second kappa shape index (κ2) is 8.14. The molecule has 2 aromatic rings. The molecule has 0 aliphatic carbocycles. The van der Waals surface area contributed by atoms with E-state index in [0.717, 1.165) is 10.8 Å². The molecule has 0 saturated heterocycles. The molecule has 0 amide bonds. The molecule has 1 N–H and O–H groups in total. The molecule has 0 bridgehead atoms. The van der Waals surface area contributed by atoms with Crippen LogP contribution in [-0.2, 0) is 14.1 Å². The van der Waals surface area contributed by atoms with Crippen LogP contribution >= 0.6 is 8.18 Å². The largest absolute Gasteiger partial charge is 0.464 e. The molecule has 6 heteroatoms. The summed E-state index contributed by atoms with van der Waals surface area (Å²) in [7, 11) is -2.61. The van der Waals surface area contributed by atoms with E-state index in [4.69, 9.17) is 9.26 Å². The Bertz CT molecular complexity index is 697. The van der Waals surface area contributed by atoms with Crippen LogP contribution in [0.5, 0.6) is 5.75 Å². The normalized spacial score (nSPS) is 13.7. The van der Waals surface area contributed by atoms with E-state index in [1.807, 2.05) is 50.2 Å². The van der Waals surface area contributed by atoms with Crippen molar-refractivity contribution in [3.63, 3.8) is 0 Å². The van der Waals surface area contributed by atoms with Gasteiger partial charge in [-0.1, -0.05) is 50.2 Å². The molecule has 2 aromatic carbocycles. The Morgan fingerprint density at radius 2 is 1.83 bits per heavy atom. The summed E-state index contributed by atoms with van der Waals surface area (Å²) >= 11 is 0. The van der Waals surface area contributed by atoms with E-state index < -0.39 is 20.2 Å².